The Labute approximate surface area is 121 Å². The summed E-state index contributed by atoms with van der Waals surface area (Å²) in [6, 6.07) is 8.07. The largest absolute Gasteiger partial charge is 0.378 e. The van der Waals surface area contributed by atoms with E-state index < -0.39 is 0 Å². The average Bonchev–Trinajstić information content (AvgIpc) is 2.49. The van der Waals surface area contributed by atoms with Gasteiger partial charge in [0.05, 0.1) is 13.2 Å². The van der Waals surface area contributed by atoms with Crippen LogP contribution in [0.15, 0.2) is 24.3 Å². The molecule has 2 rings (SSSR count). The summed E-state index contributed by atoms with van der Waals surface area (Å²) in [7, 11) is 0. The predicted octanol–water partition coefficient (Wildman–Crippen LogP) is 2.90. The monoisotopic (exact) mass is 276 g/mol. The standard InChI is InChI=1S/C16H24N2O2/c1-3-4-13(2)16(19)17-14-5-7-15(8-6-14)18-9-11-20-12-10-18/h5-8,13H,3-4,9-12H2,1-2H3,(H,17,19)/t13-/m0/s1. The van der Waals surface area contributed by atoms with E-state index in [1.807, 2.05) is 19.1 Å². The minimum Gasteiger partial charge on any atom is -0.378 e. The molecule has 4 heteroatoms. The van der Waals surface area contributed by atoms with Gasteiger partial charge in [0.15, 0.2) is 0 Å². The zero-order valence-electron chi connectivity index (χ0n) is 12.4. The van der Waals surface area contributed by atoms with Gasteiger partial charge in [0.1, 0.15) is 0 Å². The smallest absolute Gasteiger partial charge is 0.227 e. The van der Waals surface area contributed by atoms with Crippen molar-refractivity contribution in [3.63, 3.8) is 0 Å². The molecule has 0 spiro atoms. The van der Waals surface area contributed by atoms with Gasteiger partial charge in [0, 0.05) is 30.4 Å². The highest BCUT2D eigenvalue weighted by molar-refractivity contribution is 5.92. The van der Waals surface area contributed by atoms with E-state index in [0.29, 0.717) is 0 Å². The highest BCUT2D eigenvalue weighted by Gasteiger charge is 2.13. The maximum absolute atomic E-state index is 12.0. The van der Waals surface area contributed by atoms with E-state index >= 15 is 0 Å². The number of benzene rings is 1. The lowest BCUT2D eigenvalue weighted by Gasteiger charge is -2.28. The van der Waals surface area contributed by atoms with E-state index in [9.17, 15) is 4.79 Å². The number of hydrogen-bond donors (Lipinski definition) is 1. The fraction of sp³-hybridized carbons (Fsp3) is 0.562. The minimum atomic E-state index is 0.0684. The van der Waals surface area contributed by atoms with Crippen LogP contribution in [0.3, 0.4) is 0 Å². The van der Waals surface area contributed by atoms with Crippen LogP contribution in [-0.4, -0.2) is 32.2 Å². The number of hydrogen-bond acceptors (Lipinski definition) is 3. The Morgan fingerprint density at radius 2 is 1.95 bits per heavy atom. The molecule has 1 fully saturated rings. The molecule has 1 aromatic rings. The SMILES string of the molecule is CCC[C@H](C)C(=O)Nc1ccc(N2CCOCC2)cc1. The molecule has 1 aromatic carbocycles. The van der Waals surface area contributed by atoms with Crippen LogP contribution in [0.5, 0.6) is 0 Å². The molecule has 0 aromatic heterocycles. The molecule has 1 aliphatic heterocycles. The van der Waals surface area contributed by atoms with Gasteiger partial charge in [-0.1, -0.05) is 20.3 Å². The Morgan fingerprint density at radius 3 is 2.55 bits per heavy atom. The summed E-state index contributed by atoms with van der Waals surface area (Å²) in [5.74, 6) is 0.171. The van der Waals surface area contributed by atoms with E-state index in [0.717, 1.165) is 44.8 Å². The topological polar surface area (TPSA) is 41.6 Å². The first kappa shape index (κ1) is 14.9. The quantitative estimate of drug-likeness (QED) is 0.899. The van der Waals surface area contributed by atoms with Crippen molar-refractivity contribution in [1.29, 1.82) is 0 Å². The number of nitrogens with one attached hydrogen (secondary N) is 1. The van der Waals surface area contributed by atoms with Crippen LogP contribution in [-0.2, 0) is 9.53 Å². The van der Waals surface area contributed by atoms with E-state index in [-0.39, 0.29) is 11.8 Å². The minimum absolute atomic E-state index is 0.0684. The van der Waals surface area contributed by atoms with Gasteiger partial charge in [-0.25, -0.2) is 0 Å². The Balaban J connectivity index is 1.92. The molecule has 1 aliphatic rings. The van der Waals surface area contributed by atoms with Gasteiger partial charge >= 0.3 is 0 Å². The highest BCUT2D eigenvalue weighted by atomic mass is 16.5. The lowest BCUT2D eigenvalue weighted by molar-refractivity contribution is -0.119. The summed E-state index contributed by atoms with van der Waals surface area (Å²) in [5.41, 5.74) is 2.06. The summed E-state index contributed by atoms with van der Waals surface area (Å²) in [5, 5.41) is 2.97. The van der Waals surface area contributed by atoms with Crippen molar-refractivity contribution < 1.29 is 9.53 Å². The fourth-order valence-electron chi connectivity index (χ4n) is 2.41. The lowest BCUT2D eigenvalue weighted by Crippen LogP contribution is -2.36. The number of carbonyl (C=O) groups excluding carboxylic acids is 1. The normalized spacial score (nSPS) is 16.8. The summed E-state index contributed by atoms with van der Waals surface area (Å²) in [4.78, 5) is 14.3. The third kappa shape index (κ3) is 3.97. The van der Waals surface area contributed by atoms with Crippen LogP contribution in [0, 0.1) is 5.92 Å². The summed E-state index contributed by atoms with van der Waals surface area (Å²) >= 11 is 0. The molecule has 1 heterocycles. The van der Waals surface area contributed by atoms with Crippen LogP contribution in [0.4, 0.5) is 11.4 Å². The third-order valence-electron chi connectivity index (χ3n) is 3.68. The molecule has 0 bridgehead atoms. The number of anilines is 2. The Bertz CT molecular complexity index is 425. The van der Waals surface area contributed by atoms with Crippen molar-refractivity contribution >= 4 is 17.3 Å². The molecule has 4 nitrogen and oxygen atoms in total. The second kappa shape index (κ2) is 7.29. The van der Waals surface area contributed by atoms with Crippen molar-refractivity contribution in [2.45, 2.75) is 26.7 Å². The van der Waals surface area contributed by atoms with Gasteiger partial charge in [-0.2, -0.15) is 0 Å². The third-order valence-corrected chi connectivity index (χ3v) is 3.68. The first-order valence-corrected chi connectivity index (χ1v) is 7.44. The number of amides is 1. The molecule has 0 aliphatic carbocycles. The van der Waals surface area contributed by atoms with Crippen LogP contribution in [0.25, 0.3) is 0 Å². The van der Waals surface area contributed by atoms with Crippen LogP contribution < -0.4 is 10.2 Å². The predicted molar refractivity (Wildman–Crippen MR) is 82.2 cm³/mol. The fourth-order valence-corrected chi connectivity index (χ4v) is 2.41. The molecule has 1 atom stereocenters. The maximum atomic E-state index is 12.0. The molecular formula is C16H24N2O2. The van der Waals surface area contributed by atoms with Crippen LogP contribution >= 0.6 is 0 Å². The van der Waals surface area contributed by atoms with Crippen molar-refractivity contribution in [2.24, 2.45) is 5.92 Å². The maximum Gasteiger partial charge on any atom is 0.227 e. The summed E-state index contributed by atoms with van der Waals surface area (Å²) < 4.78 is 5.35. The van der Waals surface area contributed by atoms with Crippen LogP contribution in [0.1, 0.15) is 26.7 Å². The van der Waals surface area contributed by atoms with E-state index in [1.165, 1.54) is 5.69 Å². The van der Waals surface area contributed by atoms with Crippen LogP contribution in [0.2, 0.25) is 0 Å². The molecule has 1 amide bonds. The summed E-state index contributed by atoms with van der Waals surface area (Å²) in [6.07, 6.45) is 1.96. The molecule has 1 N–H and O–H groups in total. The molecule has 1 saturated heterocycles. The second-order valence-corrected chi connectivity index (χ2v) is 5.33. The Hall–Kier alpha value is -1.55. The van der Waals surface area contributed by atoms with Gasteiger partial charge < -0.3 is 15.0 Å². The molecule has 0 unspecified atom stereocenters. The molecule has 0 radical (unpaired) electrons. The zero-order valence-corrected chi connectivity index (χ0v) is 12.4. The van der Waals surface area contributed by atoms with Gasteiger partial charge in [0.2, 0.25) is 5.91 Å². The summed E-state index contributed by atoms with van der Waals surface area (Å²) in [6.45, 7) is 7.50. The number of rotatable bonds is 5. The molecule has 110 valence electrons. The van der Waals surface area contributed by atoms with E-state index in [4.69, 9.17) is 4.74 Å². The van der Waals surface area contributed by atoms with Crippen molar-refractivity contribution in [2.75, 3.05) is 36.5 Å². The first-order valence-electron chi connectivity index (χ1n) is 7.44. The average molecular weight is 276 g/mol. The second-order valence-electron chi connectivity index (χ2n) is 5.33. The number of nitrogens with zero attached hydrogens (tertiary/aromatic N) is 1. The number of ether oxygens (including phenoxy) is 1. The van der Waals surface area contributed by atoms with Gasteiger partial charge in [-0.3, -0.25) is 4.79 Å². The van der Waals surface area contributed by atoms with Crippen molar-refractivity contribution in [3.05, 3.63) is 24.3 Å². The number of carbonyl (C=O) groups is 1. The van der Waals surface area contributed by atoms with Gasteiger partial charge in [-0.15, -0.1) is 0 Å². The van der Waals surface area contributed by atoms with E-state index in [2.05, 4.69) is 29.3 Å². The molecular weight excluding hydrogens is 252 g/mol. The first-order chi connectivity index (χ1) is 9.70. The van der Waals surface area contributed by atoms with Gasteiger partial charge in [-0.05, 0) is 30.7 Å². The highest BCUT2D eigenvalue weighted by Crippen LogP contribution is 2.19. The van der Waals surface area contributed by atoms with E-state index in [1.54, 1.807) is 0 Å². The molecule has 0 saturated carbocycles. The van der Waals surface area contributed by atoms with Gasteiger partial charge in [0.25, 0.3) is 0 Å². The Morgan fingerprint density at radius 1 is 1.30 bits per heavy atom. The van der Waals surface area contributed by atoms with Crippen molar-refractivity contribution in [3.8, 4) is 0 Å². The zero-order chi connectivity index (χ0) is 14.4. The lowest BCUT2D eigenvalue weighted by atomic mass is 10.1. The Kier molecular flexibility index (Phi) is 5.41. The molecule has 20 heavy (non-hydrogen) atoms. The number of morpholine rings is 1. The van der Waals surface area contributed by atoms with Crippen molar-refractivity contribution in [1.82, 2.24) is 0 Å².